The van der Waals surface area contributed by atoms with Crippen LogP contribution in [0.1, 0.15) is 57.0 Å². The van der Waals surface area contributed by atoms with Gasteiger partial charge in [-0.3, -0.25) is 14.7 Å². The third-order valence-electron chi connectivity index (χ3n) is 8.50. The number of piperazine rings is 1. The minimum atomic E-state index is -1.92. The molecule has 3 aromatic rings. The number of ether oxygens (including phenoxy) is 1. The van der Waals surface area contributed by atoms with Gasteiger partial charge in [0.25, 0.3) is 0 Å². The van der Waals surface area contributed by atoms with Crippen LogP contribution in [-0.2, 0) is 9.53 Å². The first kappa shape index (κ1) is 32.3. The van der Waals surface area contributed by atoms with Gasteiger partial charge in [0.2, 0.25) is 0 Å². The Balaban J connectivity index is 1.80. The summed E-state index contributed by atoms with van der Waals surface area (Å²) in [5, 5.41) is 0.326. The Morgan fingerprint density at radius 2 is 2.04 bits per heavy atom. The smallest absolute Gasteiger partial charge is 0.355 e. The summed E-state index contributed by atoms with van der Waals surface area (Å²) in [5.74, 6) is -0.473. The van der Waals surface area contributed by atoms with Gasteiger partial charge in [0.15, 0.2) is 5.65 Å². The van der Waals surface area contributed by atoms with E-state index in [1.807, 2.05) is 32.6 Å². The highest BCUT2D eigenvalue weighted by Crippen LogP contribution is 2.41. The van der Waals surface area contributed by atoms with E-state index in [-0.39, 0.29) is 41.9 Å². The molecule has 3 aromatic heterocycles. The zero-order valence-electron chi connectivity index (χ0n) is 26.7. The Morgan fingerprint density at radius 3 is 2.71 bits per heavy atom. The number of methoxy groups -OCH3 is 1. The summed E-state index contributed by atoms with van der Waals surface area (Å²) in [7, 11) is 1.50. The van der Waals surface area contributed by atoms with Crippen molar-refractivity contribution in [3.63, 3.8) is 0 Å². The van der Waals surface area contributed by atoms with Crippen LogP contribution in [0.4, 0.5) is 14.6 Å². The first-order valence-corrected chi connectivity index (χ1v) is 15.2. The number of aldehydes is 1. The van der Waals surface area contributed by atoms with Crippen LogP contribution in [0.15, 0.2) is 53.0 Å². The summed E-state index contributed by atoms with van der Waals surface area (Å²) < 4.78 is 39.3. The highest BCUT2D eigenvalue weighted by molar-refractivity contribution is 5.91. The number of nitrogens with zero attached hydrogens (tertiary/aromatic N) is 6. The number of carbonyl (C=O) groups is 1. The number of halogens is 2. The normalized spacial score (nSPS) is 20.8. The molecule has 1 fully saturated rings. The standard InChI is InChI=1S/C34H40F2N6O3/c1-20(2)28-30(22(4)10-12-37-28)42-32-25(15-26(35)29(38-32)27-24(19-45-7)9-8-11-34(27,6)36)31(39-33(42)44)41-14-13-40(17-23(41)5)16-21(3)18-43/h8-10,12,15,18,20,23H,3,11,13-14,16-17,19H2,1-2,4-7H3/t23-,34?/m0/s1. The van der Waals surface area contributed by atoms with Gasteiger partial charge in [0.05, 0.1) is 23.4 Å². The zero-order valence-corrected chi connectivity index (χ0v) is 26.7. The molecule has 0 radical (unpaired) electrons. The lowest BCUT2D eigenvalue weighted by atomic mass is 9.83. The van der Waals surface area contributed by atoms with Crippen LogP contribution < -0.4 is 10.6 Å². The van der Waals surface area contributed by atoms with E-state index in [0.29, 0.717) is 59.9 Å². The third-order valence-corrected chi connectivity index (χ3v) is 8.50. The molecular formula is C34H40F2N6O3. The Hall–Kier alpha value is -4.09. The van der Waals surface area contributed by atoms with Crippen molar-refractivity contribution in [2.75, 3.05) is 44.8 Å². The second kappa shape index (κ2) is 12.7. The van der Waals surface area contributed by atoms with E-state index in [0.717, 1.165) is 11.8 Å². The molecule has 0 bridgehead atoms. The molecule has 1 aliphatic heterocycles. The maximum Gasteiger partial charge on any atom is 0.355 e. The van der Waals surface area contributed by atoms with Crippen LogP contribution in [0.2, 0.25) is 0 Å². The predicted molar refractivity (Wildman–Crippen MR) is 172 cm³/mol. The molecule has 1 saturated heterocycles. The fourth-order valence-electron chi connectivity index (χ4n) is 6.42. The molecule has 9 nitrogen and oxygen atoms in total. The Morgan fingerprint density at radius 1 is 1.29 bits per heavy atom. The minimum Gasteiger partial charge on any atom is -0.380 e. The Bertz CT molecular complexity index is 1780. The molecule has 0 saturated carbocycles. The number of carbonyl (C=O) groups excluding carboxylic acids is 1. The van der Waals surface area contributed by atoms with Crippen molar-refractivity contribution < 1.29 is 18.3 Å². The van der Waals surface area contributed by atoms with Crippen LogP contribution in [0.5, 0.6) is 0 Å². The van der Waals surface area contributed by atoms with Gasteiger partial charge >= 0.3 is 5.69 Å². The molecule has 0 amide bonds. The van der Waals surface area contributed by atoms with Crippen LogP contribution in [-0.4, -0.2) is 82.3 Å². The number of allylic oxidation sites excluding steroid dienone is 2. The number of pyridine rings is 2. The van der Waals surface area contributed by atoms with E-state index in [1.54, 1.807) is 24.4 Å². The average molecular weight is 619 g/mol. The Kier molecular flexibility index (Phi) is 9.14. The lowest BCUT2D eigenvalue weighted by Crippen LogP contribution is -2.53. The monoisotopic (exact) mass is 618 g/mol. The molecular weight excluding hydrogens is 578 g/mol. The summed E-state index contributed by atoms with van der Waals surface area (Å²) in [6, 6.07) is 2.98. The van der Waals surface area contributed by atoms with Gasteiger partial charge in [-0.15, -0.1) is 0 Å². The van der Waals surface area contributed by atoms with Crippen molar-refractivity contribution in [2.24, 2.45) is 0 Å². The number of hydrogen-bond acceptors (Lipinski definition) is 8. The number of rotatable bonds is 9. The number of aromatic nitrogens is 4. The predicted octanol–water partition coefficient (Wildman–Crippen LogP) is 5.10. The summed E-state index contributed by atoms with van der Waals surface area (Å²) in [5.41, 5.74) is 0.474. The topological polar surface area (TPSA) is 93.5 Å². The van der Waals surface area contributed by atoms with Gasteiger partial charge in [-0.25, -0.2) is 23.1 Å². The van der Waals surface area contributed by atoms with Crippen LogP contribution in [0.25, 0.3) is 22.3 Å². The highest BCUT2D eigenvalue weighted by Gasteiger charge is 2.37. The van der Waals surface area contributed by atoms with Gasteiger partial charge in [-0.1, -0.05) is 32.6 Å². The molecule has 45 heavy (non-hydrogen) atoms. The van der Waals surface area contributed by atoms with Gasteiger partial charge in [0, 0.05) is 57.5 Å². The zero-order chi connectivity index (χ0) is 32.6. The van der Waals surface area contributed by atoms with Crippen molar-refractivity contribution >= 4 is 28.7 Å². The molecule has 5 rings (SSSR count). The number of alkyl halides is 1. The van der Waals surface area contributed by atoms with E-state index < -0.39 is 17.2 Å². The SMILES string of the molecule is C=C(C=O)CN1CCN(c2nc(=O)n(-c3c(C)ccnc3C(C)C)c3nc(C4=C(COC)C=CCC4(C)F)c(F)cc23)[C@@H](C)C1. The molecule has 0 aromatic carbocycles. The molecule has 1 aliphatic carbocycles. The molecule has 2 aliphatic rings. The van der Waals surface area contributed by atoms with Crippen molar-refractivity contribution in [3.05, 3.63) is 81.5 Å². The summed E-state index contributed by atoms with van der Waals surface area (Å²) >= 11 is 0. The van der Waals surface area contributed by atoms with E-state index in [1.165, 1.54) is 24.7 Å². The van der Waals surface area contributed by atoms with Gasteiger partial charge in [-0.05, 0) is 55.5 Å². The van der Waals surface area contributed by atoms with E-state index in [2.05, 4.69) is 21.4 Å². The van der Waals surface area contributed by atoms with Crippen molar-refractivity contribution in [2.45, 2.75) is 58.7 Å². The number of anilines is 1. The molecule has 0 N–H and O–H groups in total. The van der Waals surface area contributed by atoms with Gasteiger partial charge < -0.3 is 9.64 Å². The lowest BCUT2D eigenvalue weighted by Gasteiger charge is -2.41. The number of aryl methyl sites for hydroxylation is 1. The highest BCUT2D eigenvalue weighted by atomic mass is 19.1. The summed E-state index contributed by atoms with van der Waals surface area (Å²) in [4.78, 5) is 43.3. The molecule has 2 atom stereocenters. The molecule has 238 valence electrons. The van der Waals surface area contributed by atoms with E-state index in [9.17, 15) is 9.59 Å². The van der Waals surface area contributed by atoms with Crippen molar-refractivity contribution in [1.82, 2.24) is 24.4 Å². The quantitative estimate of drug-likeness (QED) is 0.242. The van der Waals surface area contributed by atoms with Crippen LogP contribution >= 0.6 is 0 Å². The van der Waals surface area contributed by atoms with Gasteiger partial charge in [0.1, 0.15) is 29.3 Å². The Labute approximate surface area is 261 Å². The maximum absolute atomic E-state index is 16.3. The van der Waals surface area contributed by atoms with E-state index >= 15 is 8.78 Å². The second-order valence-electron chi connectivity index (χ2n) is 12.5. The second-order valence-corrected chi connectivity index (χ2v) is 12.5. The fraction of sp³-hybridized carbons (Fsp3) is 0.441. The molecule has 1 unspecified atom stereocenters. The molecule has 4 heterocycles. The molecule has 0 spiro atoms. The minimum absolute atomic E-state index is 0.0423. The average Bonchev–Trinajstić information content (AvgIpc) is 2.97. The maximum atomic E-state index is 16.3. The fourth-order valence-corrected chi connectivity index (χ4v) is 6.42. The summed E-state index contributed by atoms with van der Waals surface area (Å²) in [6.45, 7) is 15.1. The first-order chi connectivity index (χ1) is 21.4. The summed E-state index contributed by atoms with van der Waals surface area (Å²) in [6.07, 6.45) is 5.92. The number of fused-ring (bicyclic) bond motifs is 1. The van der Waals surface area contributed by atoms with E-state index in [4.69, 9.17) is 9.72 Å². The lowest BCUT2D eigenvalue weighted by molar-refractivity contribution is -0.105. The van der Waals surface area contributed by atoms with Crippen molar-refractivity contribution in [1.29, 1.82) is 0 Å². The molecule has 11 heteroatoms. The third kappa shape index (κ3) is 6.11. The van der Waals surface area contributed by atoms with Crippen LogP contribution in [0, 0.1) is 12.7 Å². The largest absolute Gasteiger partial charge is 0.380 e. The first-order valence-electron chi connectivity index (χ1n) is 15.2. The van der Waals surface area contributed by atoms with Crippen LogP contribution in [0.3, 0.4) is 0 Å². The number of hydrogen-bond donors (Lipinski definition) is 0. The van der Waals surface area contributed by atoms with Gasteiger partial charge in [-0.2, -0.15) is 4.98 Å². The van der Waals surface area contributed by atoms with Crippen molar-refractivity contribution in [3.8, 4) is 5.69 Å².